The van der Waals surface area contributed by atoms with Crippen molar-refractivity contribution in [2.45, 2.75) is 38.6 Å². The number of aryl methyl sites for hydroxylation is 1. The fraction of sp³-hybridized carbons (Fsp3) is 0.467. The Morgan fingerprint density at radius 1 is 1.45 bits per heavy atom. The van der Waals surface area contributed by atoms with Gasteiger partial charge in [0.25, 0.3) is 5.91 Å². The molecule has 0 bridgehead atoms. The summed E-state index contributed by atoms with van der Waals surface area (Å²) in [5, 5.41) is 9.45. The summed E-state index contributed by atoms with van der Waals surface area (Å²) >= 11 is 4.97. The van der Waals surface area contributed by atoms with E-state index in [1.807, 2.05) is 6.92 Å². The van der Waals surface area contributed by atoms with E-state index in [0.717, 1.165) is 31.2 Å². The molecule has 4 nitrogen and oxygen atoms in total. The van der Waals surface area contributed by atoms with Gasteiger partial charge in [-0.25, -0.2) is 0 Å². The van der Waals surface area contributed by atoms with Gasteiger partial charge in [-0.1, -0.05) is 25.1 Å². The first-order chi connectivity index (χ1) is 9.49. The maximum Gasteiger partial charge on any atom is 0.254 e. The summed E-state index contributed by atoms with van der Waals surface area (Å²) < 4.78 is 0. The molecule has 1 aliphatic carbocycles. The van der Waals surface area contributed by atoms with E-state index in [2.05, 4.69) is 0 Å². The van der Waals surface area contributed by atoms with Crippen LogP contribution in [0.4, 0.5) is 0 Å². The van der Waals surface area contributed by atoms with E-state index in [0.29, 0.717) is 17.1 Å². The van der Waals surface area contributed by atoms with Crippen molar-refractivity contribution >= 4 is 23.1 Å². The summed E-state index contributed by atoms with van der Waals surface area (Å²) in [7, 11) is 0. The Bertz CT molecular complexity index is 525. The van der Waals surface area contributed by atoms with Crippen molar-refractivity contribution in [3.05, 3.63) is 29.3 Å². The molecule has 1 aromatic rings. The average Bonchev–Trinajstić information content (AvgIpc) is 2.88. The molecule has 2 rings (SSSR count). The molecule has 20 heavy (non-hydrogen) atoms. The number of phenols is 1. The Morgan fingerprint density at radius 3 is 2.65 bits per heavy atom. The molecule has 108 valence electrons. The third kappa shape index (κ3) is 3.28. The second kappa shape index (κ2) is 6.22. The van der Waals surface area contributed by atoms with Gasteiger partial charge in [-0.05, 0) is 43.5 Å². The number of carbonyl (C=O) groups is 1. The molecule has 0 aromatic heterocycles. The number of aromatic hydroxyl groups is 1. The van der Waals surface area contributed by atoms with E-state index in [-0.39, 0.29) is 17.7 Å². The van der Waals surface area contributed by atoms with Crippen LogP contribution in [0.3, 0.4) is 0 Å². The predicted octanol–water partition coefficient (Wildman–Crippen LogP) is 2.37. The van der Waals surface area contributed by atoms with Gasteiger partial charge >= 0.3 is 0 Å². The normalized spacial score (nSPS) is 15.2. The van der Waals surface area contributed by atoms with E-state index >= 15 is 0 Å². The zero-order chi connectivity index (χ0) is 14.7. The first kappa shape index (κ1) is 14.8. The number of carbonyl (C=O) groups excluding carboxylic acids is 1. The Morgan fingerprint density at radius 2 is 2.10 bits per heavy atom. The van der Waals surface area contributed by atoms with Crippen LogP contribution in [0.5, 0.6) is 5.75 Å². The molecule has 0 atom stereocenters. The van der Waals surface area contributed by atoms with E-state index in [9.17, 15) is 9.90 Å². The van der Waals surface area contributed by atoms with Crippen molar-refractivity contribution < 1.29 is 9.90 Å². The number of nitrogens with two attached hydrogens (primary N) is 1. The molecule has 1 aromatic carbocycles. The number of thiocarbonyl (C=S) groups is 1. The lowest BCUT2D eigenvalue weighted by Crippen LogP contribution is -2.43. The van der Waals surface area contributed by atoms with Crippen molar-refractivity contribution in [3.63, 3.8) is 0 Å². The van der Waals surface area contributed by atoms with Crippen LogP contribution >= 0.6 is 12.2 Å². The maximum atomic E-state index is 12.7. The van der Waals surface area contributed by atoms with Crippen LogP contribution < -0.4 is 5.73 Å². The Labute approximate surface area is 124 Å². The van der Waals surface area contributed by atoms with E-state index < -0.39 is 0 Å². The minimum atomic E-state index is -0.0535. The molecule has 0 unspecified atom stereocenters. The molecule has 1 saturated carbocycles. The summed E-state index contributed by atoms with van der Waals surface area (Å²) in [6.07, 6.45) is 4.29. The largest absolute Gasteiger partial charge is 0.508 e. The fourth-order valence-electron chi connectivity index (χ4n) is 2.79. The molecule has 1 amide bonds. The van der Waals surface area contributed by atoms with Gasteiger partial charge in [-0.3, -0.25) is 4.79 Å². The number of hydrogen-bond acceptors (Lipinski definition) is 3. The van der Waals surface area contributed by atoms with E-state index in [1.54, 1.807) is 17.0 Å². The summed E-state index contributed by atoms with van der Waals surface area (Å²) in [5.74, 6) is 0.114. The predicted molar refractivity (Wildman–Crippen MR) is 82.9 cm³/mol. The highest BCUT2D eigenvalue weighted by Gasteiger charge is 2.28. The summed E-state index contributed by atoms with van der Waals surface area (Å²) in [6.45, 7) is 2.14. The maximum absolute atomic E-state index is 12.7. The second-order valence-electron chi connectivity index (χ2n) is 5.34. The zero-order valence-corrected chi connectivity index (χ0v) is 12.4. The van der Waals surface area contributed by atoms with Crippen LogP contribution in [-0.4, -0.2) is 33.5 Å². The summed E-state index contributed by atoms with van der Waals surface area (Å²) in [4.78, 5) is 14.8. The Hall–Kier alpha value is -1.62. The first-order valence-electron chi connectivity index (χ1n) is 6.88. The highest BCUT2D eigenvalue weighted by molar-refractivity contribution is 7.80. The molecule has 0 aliphatic heterocycles. The topological polar surface area (TPSA) is 66.6 Å². The third-order valence-electron chi connectivity index (χ3n) is 3.79. The quantitative estimate of drug-likeness (QED) is 0.836. The van der Waals surface area contributed by atoms with Crippen LogP contribution in [0.25, 0.3) is 0 Å². The molecule has 1 aliphatic rings. The lowest BCUT2D eigenvalue weighted by molar-refractivity contribution is 0.0714. The zero-order valence-electron chi connectivity index (χ0n) is 11.6. The first-order valence-corrected chi connectivity index (χ1v) is 7.28. The fourth-order valence-corrected chi connectivity index (χ4v) is 2.93. The molecule has 3 N–H and O–H groups in total. The number of phenolic OH excluding ortho intramolecular Hbond substituents is 1. The van der Waals surface area contributed by atoms with Crippen LogP contribution in [0.2, 0.25) is 0 Å². The summed E-state index contributed by atoms with van der Waals surface area (Å²) in [6, 6.07) is 5.01. The van der Waals surface area contributed by atoms with E-state index in [4.69, 9.17) is 18.0 Å². The van der Waals surface area contributed by atoms with Gasteiger partial charge in [0, 0.05) is 11.6 Å². The van der Waals surface area contributed by atoms with Crippen molar-refractivity contribution in [2.75, 3.05) is 6.54 Å². The standard InChI is InChI=1S/C15H20N2O2S/c1-10-8-12(18)6-7-13(10)15(19)17(9-14(16)20)11-4-2-3-5-11/h6-8,11,18H,2-5,9H2,1H3,(H2,16,20). The number of benzene rings is 1. The molecule has 0 saturated heterocycles. The second-order valence-corrected chi connectivity index (χ2v) is 5.86. The van der Waals surface area contributed by atoms with Crippen molar-refractivity contribution in [3.8, 4) is 5.75 Å². The molecule has 0 spiro atoms. The molecule has 1 fully saturated rings. The van der Waals surface area contributed by atoms with Gasteiger partial charge in [0.15, 0.2) is 0 Å². The molecule has 5 heteroatoms. The van der Waals surface area contributed by atoms with Gasteiger partial charge < -0.3 is 15.7 Å². The van der Waals surface area contributed by atoms with Gasteiger partial charge in [-0.2, -0.15) is 0 Å². The lowest BCUT2D eigenvalue weighted by atomic mass is 10.1. The summed E-state index contributed by atoms with van der Waals surface area (Å²) in [5.41, 5.74) is 7.00. The Balaban J connectivity index is 2.27. The van der Waals surface area contributed by atoms with Gasteiger partial charge in [0.1, 0.15) is 5.75 Å². The van der Waals surface area contributed by atoms with Crippen molar-refractivity contribution in [1.29, 1.82) is 0 Å². The highest BCUT2D eigenvalue weighted by Crippen LogP contribution is 2.26. The number of hydrogen-bond donors (Lipinski definition) is 2. The highest BCUT2D eigenvalue weighted by atomic mass is 32.1. The number of nitrogens with zero attached hydrogens (tertiary/aromatic N) is 1. The van der Waals surface area contributed by atoms with Crippen molar-refractivity contribution in [1.82, 2.24) is 4.90 Å². The van der Waals surface area contributed by atoms with Gasteiger partial charge in [0.05, 0.1) is 11.5 Å². The SMILES string of the molecule is Cc1cc(O)ccc1C(=O)N(CC(N)=S)C1CCCC1. The van der Waals surface area contributed by atoms with E-state index in [1.165, 1.54) is 6.07 Å². The van der Waals surface area contributed by atoms with Crippen LogP contribution in [-0.2, 0) is 0 Å². The van der Waals surface area contributed by atoms with Gasteiger partial charge in [-0.15, -0.1) is 0 Å². The smallest absolute Gasteiger partial charge is 0.254 e. The van der Waals surface area contributed by atoms with Crippen LogP contribution in [0, 0.1) is 6.92 Å². The molecular weight excluding hydrogens is 272 g/mol. The van der Waals surface area contributed by atoms with Crippen LogP contribution in [0.1, 0.15) is 41.6 Å². The number of rotatable bonds is 4. The Kier molecular flexibility index (Phi) is 4.60. The monoisotopic (exact) mass is 292 g/mol. The molecule has 0 radical (unpaired) electrons. The third-order valence-corrected chi connectivity index (χ3v) is 3.92. The number of amides is 1. The van der Waals surface area contributed by atoms with Crippen LogP contribution in [0.15, 0.2) is 18.2 Å². The van der Waals surface area contributed by atoms with Gasteiger partial charge in [0.2, 0.25) is 0 Å². The lowest BCUT2D eigenvalue weighted by Gasteiger charge is -2.29. The molecule has 0 heterocycles. The minimum Gasteiger partial charge on any atom is -0.508 e. The molecular formula is C15H20N2O2S. The average molecular weight is 292 g/mol. The minimum absolute atomic E-state index is 0.0535. The van der Waals surface area contributed by atoms with Crippen molar-refractivity contribution in [2.24, 2.45) is 5.73 Å².